The Bertz CT molecular complexity index is 538. The minimum absolute atomic E-state index is 0.0660. The first kappa shape index (κ1) is 11.1. The summed E-state index contributed by atoms with van der Waals surface area (Å²) in [5.74, 6) is 0.814. The zero-order chi connectivity index (χ0) is 12.3. The van der Waals surface area contributed by atoms with Crippen LogP contribution in [0.4, 0.5) is 11.5 Å². The zero-order valence-electron chi connectivity index (χ0n) is 9.08. The van der Waals surface area contributed by atoms with E-state index in [0.29, 0.717) is 12.3 Å². The van der Waals surface area contributed by atoms with E-state index in [1.165, 1.54) is 18.3 Å². The SMILES string of the molecule is Cc1cc(CNc2ncccc2[N+](=O)[O-])on1. The molecule has 17 heavy (non-hydrogen) atoms. The predicted molar refractivity (Wildman–Crippen MR) is 59.5 cm³/mol. The van der Waals surface area contributed by atoms with Crippen molar-refractivity contribution >= 4 is 11.5 Å². The fourth-order valence-corrected chi connectivity index (χ4v) is 1.35. The summed E-state index contributed by atoms with van der Waals surface area (Å²) in [5.41, 5.74) is 0.695. The van der Waals surface area contributed by atoms with E-state index in [1.54, 1.807) is 13.0 Å². The van der Waals surface area contributed by atoms with E-state index in [2.05, 4.69) is 15.5 Å². The third-order valence-electron chi connectivity index (χ3n) is 2.09. The first-order valence-corrected chi connectivity index (χ1v) is 4.92. The molecule has 0 aliphatic heterocycles. The molecule has 0 aliphatic rings. The van der Waals surface area contributed by atoms with Crippen molar-refractivity contribution in [2.75, 3.05) is 5.32 Å². The lowest BCUT2D eigenvalue weighted by molar-refractivity contribution is -0.384. The molecule has 2 aromatic rings. The molecule has 88 valence electrons. The van der Waals surface area contributed by atoms with E-state index in [1.807, 2.05) is 0 Å². The summed E-state index contributed by atoms with van der Waals surface area (Å²) in [6.07, 6.45) is 1.49. The van der Waals surface area contributed by atoms with E-state index in [0.717, 1.165) is 5.69 Å². The lowest BCUT2D eigenvalue weighted by atomic mass is 10.3. The third-order valence-corrected chi connectivity index (χ3v) is 2.09. The number of nitrogens with one attached hydrogen (secondary N) is 1. The summed E-state index contributed by atoms with van der Waals surface area (Å²) >= 11 is 0. The number of aromatic nitrogens is 2. The highest BCUT2D eigenvalue weighted by Gasteiger charge is 2.14. The van der Waals surface area contributed by atoms with Gasteiger partial charge in [0.25, 0.3) is 0 Å². The Labute approximate surface area is 96.6 Å². The van der Waals surface area contributed by atoms with Gasteiger partial charge in [-0.25, -0.2) is 4.98 Å². The van der Waals surface area contributed by atoms with Crippen LogP contribution in [0.25, 0.3) is 0 Å². The van der Waals surface area contributed by atoms with Crippen LogP contribution in [0.2, 0.25) is 0 Å². The highest BCUT2D eigenvalue weighted by Crippen LogP contribution is 2.20. The van der Waals surface area contributed by atoms with Crippen LogP contribution in [0.5, 0.6) is 0 Å². The van der Waals surface area contributed by atoms with Crippen molar-refractivity contribution in [3.63, 3.8) is 0 Å². The molecule has 2 rings (SSSR count). The molecule has 2 aromatic heterocycles. The second kappa shape index (κ2) is 4.60. The van der Waals surface area contributed by atoms with Gasteiger partial charge in [0.1, 0.15) is 0 Å². The maximum Gasteiger partial charge on any atom is 0.311 e. The van der Waals surface area contributed by atoms with E-state index >= 15 is 0 Å². The van der Waals surface area contributed by atoms with Crippen LogP contribution in [0.3, 0.4) is 0 Å². The fourth-order valence-electron chi connectivity index (χ4n) is 1.35. The number of hydrogen-bond acceptors (Lipinski definition) is 6. The smallest absolute Gasteiger partial charge is 0.311 e. The van der Waals surface area contributed by atoms with Crippen LogP contribution in [-0.2, 0) is 6.54 Å². The van der Waals surface area contributed by atoms with Crippen molar-refractivity contribution in [2.24, 2.45) is 0 Å². The molecular formula is C10H10N4O3. The van der Waals surface area contributed by atoms with Crippen molar-refractivity contribution in [3.05, 3.63) is 46.0 Å². The largest absolute Gasteiger partial charge is 0.359 e. The minimum atomic E-state index is -0.485. The molecule has 0 saturated carbocycles. The Kier molecular flexibility index (Phi) is 2.99. The molecule has 0 atom stereocenters. The Hall–Kier alpha value is -2.44. The second-order valence-corrected chi connectivity index (χ2v) is 3.42. The topological polar surface area (TPSA) is 94.1 Å². The maximum atomic E-state index is 10.7. The first-order valence-electron chi connectivity index (χ1n) is 4.92. The van der Waals surface area contributed by atoms with Gasteiger partial charge in [-0.2, -0.15) is 0 Å². The Morgan fingerprint density at radius 1 is 1.59 bits per heavy atom. The van der Waals surface area contributed by atoms with Crippen molar-refractivity contribution in [3.8, 4) is 0 Å². The number of aryl methyl sites for hydroxylation is 1. The number of nitrogens with zero attached hydrogens (tertiary/aromatic N) is 3. The van der Waals surface area contributed by atoms with Crippen molar-refractivity contribution in [2.45, 2.75) is 13.5 Å². The maximum absolute atomic E-state index is 10.7. The number of nitro groups is 1. The van der Waals surface area contributed by atoms with Crippen LogP contribution < -0.4 is 5.32 Å². The molecule has 0 saturated heterocycles. The number of hydrogen-bond donors (Lipinski definition) is 1. The Morgan fingerprint density at radius 2 is 2.41 bits per heavy atom. The van der Waals surface area contributed by atoms with Crippen molar-refractivity contribution in [1.29, 1.82) is 0 Å². The van der Waals surface area contributed by atoms with Crippen molar-refractivity contribution < 1.29 is 9.45 Å². The highest BCUT2D eigenvalue weighted by atomic mass is 16.6. The summed E-state index contributed by atoms with van der Waals surface area (Å²) in [4.78, 5) is 14.1. The summed E-state index contributed by atoms with van der Waals surface area (Å²) in [5, 5.41) is 17.3. The van der Waals surface area contributed by atoms with Crippen LogP contribution >= 0.6 is 0 Å². The molecule has 0 amide bonds. The van der Waals surface area contributed by atoms with Gasteiger partial charge in [-0.05, 0) is 13.0 Å². The molecule has 0 bridgehead atoms. The molecule has 1 N–H and O–H groups in total. The number of rotatable bonds is 4. The Morgan fingerprint density at radius 3 is 3.06 bits per heavy atom. The standard InChI is InChI=1S/C10H10N4O3/c1-7-5-8(17-13-7)6-12-10-9(14(15)16)3-2-4-11-10/h2-5H,6H2,1H3,(H,11,12). The molecule has 2 heterocycles. The highest BCUT2D eigenvalue weighted by molar-refractivity contribution is 5.55. The molecule has 0 aliphatic carbocycles. The second-order valence-electron chi connectivity index (χ2n) is 3.42. The molecular weight excluding hydrogens is 224 g/mol. The van der Waals surface area contributed by atoms with E-state index in [4.69, 9.17) is 4.52 Å². The number of pyridine rings is 1. The normalized spacial score (nSPS) is 10.2. The lowest BCUT2D eigenvalue weighted by Gasteiger charge is -2.02. The summed E-state index contributed by atoms with van der Waals surface area (Å²) < 4.78 is 4.98. The van der Waals surface area contributed by atoms with E-state index < -0.39 is 4.92 Å². The predicted octanol–water partition coefficient (Wildman–Crippen LogP) is 1.90. The summed E-state index contributed by atoms with van der Waals surface area (Å²) in [7, 11) is 0. The van der Waals surface area contributed by atoms with Crippen LogP contribution in [-0.4, -0.2) is 15.1 Å². The lowest BCUT2D eigenvalue weighted by Crippen LogP contribution is -2.03. The molecule has 0 aromatic carbocycles. The van der Waals surface area contributed by atoms with Crippen LogP contribution in [0, 0.1) is 17.0 Å². The summed E-state index contributed by atoms with van der Waals surface area (Å²) in [6.45, 7) is 2.11. The quantitative estimate of drug-likeness (QED) is 0.641. The fraction of sp³-hybridized carbons (Fsp3) is 0.200. The molecule has 0 fully saturated rings. The molecule has 7 nitrogen and oxygen atoms in total. The van der Waals surface area contributed by atoms with E-state index in [-0.39, 0.29) is 11.5 Å². The molecule has 7 heteroatoms. The zero-order valence-corrected chi connectivity index (χ0v) is 9.08. The monoisotopic (exact) mass is 234 g/mol. The van der Waals surface area contributed by atoms with Crippen LogP contribution in [0.1, 0.15) is 11.5 Å². The average molecular weight is 234 g/mol. The van der Waals surface area contributed by atoms with Gasteiger partial charge in [-0.3, -0.25) is 10.1 Å². The summed E-state index contributed by atoms with van der Waals surface area (Å²) in [6, 6.07) is 4.66. The van der Waals surface area contributed by atoms with Gasteiger partial charge in [-0.15, -0.1) is 0 Å². The first-order chi connectivity index (χ1) is 8.16. The average Bonchev–Trinajstić information content (AvgIpc) is 2.73. The van der Waals surface area contributed by atoms with Gasteiger partial charge in [0.15, 0.2) is 5.76 Å². The third kappa shape index (κ3) is 2.57. The van der Waals surface area contributed by atoms with Gasteiger partial charge < -0.3 is 9.84 Å². The van der Waals surface area contributed by atoms with Gasteiger partial charge in [0, 0.05) is 18.3 Å². The van der Waals surface area contributed by atoms with Gasteiger partial charge in [0.2, 0.25) is 5.82 Å². The molecule has 0 spiro atoms. The molecule has 0 unspecified atom stereocenters. The van der Waals surface area contributed by atoms with Gasteiger partial charge >= 0.3 is 5.69 Å². The van der Waals surface area contributed by atoms with Crippen LogP contribution in [0.15, 0.2) is 28.9 Å². The minimum Gasteiger partial charge on any atom is -0.359 e. The Balaban J connectivity index is 2.11. The van der Waals surface area contributed by atoms with Crippen molar-refractivity contribution in [1.82, 2.24) is 10.1 Å². The van der Waals surface area contributed by atoms with Gasteiger partial charge in [0.05, 0.1) is 17.2 Å². The number of anilines is 1. The van der Waals surface area contributed by atoms with E-state index in [9.17, 15) is 10.1 Å². The molecule has 0 radical (unpaired) electrons. The van der Waals surface area contributed by atoms with Gasteiger partial charge in [-0.1, -0.05) is 5.16 Å².